The van der Waals surface area contributed by atoms with E-state index in [0.717, 1.165) is 32.1 Å². The van der Waals surface area contributed by atoms with Crippen LogP contribution in [0.1, 0.15) is 232 Å². The zero-order chi connectivity index (χ0) is 36.1. The Labute approximate surface area is 302 Å². The highest BCUT2D eigenvalue weighted by atomic mass is 16.6. The Balaban J connectivity index is 3.82. The molecule has 1 atom stereocenters. The van der Waals surface area contributed by atoms with E-state index in [0.29, 0.717) is 12.8 Å². The van der Waals surface area contributed by atoms with E-state index in [4.69, 9.17) is 9.47 Å². The van der Waals surface area contributed by atoms with Crippen molar-refractivity contribution in [1.29, 1.82) is 0 Å². The van der Waals surface area contributed by atoms with Crippen LogP contribution in [0.5, 0.6) is 0 Å². The van der Waals surface area contributed by atoms with Crippen LogP contribution in [0.3, 0.4) is 0 Å². The van der Waals surface area contributed by atoms with Gasteiger partial charge in [-0.15, -0.1) is 0 Å². The topological polar surface area (TPSA) is 110 Å². The molecule has 290 valence electrons. The van der Waals surface area contributed by atoms with Gasteiger partial charge in [0.1, 0.15) is 0 Å². The molecule has 0 aliphatic heterocycles. The summed E-state index contributed by atoms with van der Waals surface area (Å²) in [5.41, 5.74) is -2.41. The molecular formula is C42H80O7. The van der Waals surface area contributed by atoms with Crippen LogP contribution >= 0.6 is 0 Å². The van der Waals surface area contributed by atoms with Crippen LogP contribution in [0.2, 0.25) is 0 Å². The first-order valence-corrected chi connectivity index (χ1v) is 21.1. The second-order valence-corrected chi connectivity index (χ2v) is 14.7. The van der Waals surface area contributed by atoms with Crippen LogP contribution in [-0.4, -0.2) is 46.9 Å². The van der Waals surface area contributed by atoms with Crippen molar-refractivity contribution in [3.05, 3.63) is 0 Å². The van der Waals surface area contributed by atoms with Crippen LogP contribution in [-0.2, 0) is 23.9 Å². The number of hydrogen-bond acceptors (Lipinski definition) is 6. The third kappa shape index (κ3) is 33.3. The Morgan fingerprint density at radius 2 is 0.673 bits per heavy atom. The van der Waals surface area contributed by atoms with Gasteiger partial charge >= 0.3 is 17.9 Å². The molecule has 0 fully saturated rings. The van der Waals surface area contributed by atoms with Gasteiger partial charge in [-0.25, -0.2) is 4.79 Å². The van der Waals surface area contributed by atoms with Gasteiger partial charge in [0.15, 0.2) is 5.60 Å². The maximum absolute atomic E-state index is 12.6. The van der Waals surface area contributed by atoms with Gasteiger partial charge in [-0.05, 0) is 12.8 Å². The van der Waals surface area contributed by atoms with E-state index in [9.17, 15) is 24.6 Å². The molecule has 7 heteroatoms. The van der Waals surface area contributed by atoms with Crippen molar-refractivity contribution in [2.24, 2.45) is 0 Å². The lowest BCUT2D eigenvalue weighted by atomic mass is 9.95. The quantitative estimate of drug-likeness (QED) is 0.0486. The molecule has 0 saturated heterocycles. The molecule has 0 aliphatic carbocycles. The summed E-state index contributed by atoms with van der Waals surface area (Å²) in [5, 5.41) is 20.0. The van der Waals surface area contributed by atoms with Crippen molar-refractivity contribution in [2.75, 3.05) is 13.2 Å². The van der Waals surface area contributed by atoms with E-state index in [2.05, 4.69) is 13.8 Å². The summed E-state index contributed by atoms with van der Waals surface area (Å²) in [4.78, 5) is 36.3. The number of hydrogen-bond donors (Lipinski definition) is 2. The molecule has 0 bridgehead atoms. The first kappa shape index (κ1) is 47.4. The fourth-order valence-corrected chi connectivity index (χ4v) is 6.53. The van der Waals surface area contributed by atoms with Crippen molar-refractivity contribution in [3.8, 4) is 0 Å². The van der Waals surface area contributed by atoms with E-state index in [-0.39, 0.29) is 13.2 Å². The van der Waals surface area contributed by atoms with Crippen molar-refractivity contribution in [1.82, 2.24) is 0 Å². The molecule has 0 radical (unpaired) electrons. The lowest BCUT2D eigenvalue weighted by Gasteiger charge is -2.23. The smallest absolute Gasteiger partial charge is 0.339 e. The summed E-state index contributed by atoms with van der Waals surface area (Å²) in [6.45, 7) is 4.83. The third-order valence-electron chi connectivity index (χ3n) is 9.75. The molecule has 0 heterocycles. The molecule has 0 amide bonds. The highest BCUT2D eigenvalue weighted by Gasteiger charge is 2.42. The first-order chi connectivity index (χ1) is 23.9. The zero-order valence-electron chi connectivity index (χ0n) is 32.4. The minimum Gasteiger partial charge on any atom is -0.481 e. The van der Waals surface area contributed by atoms with Crippen molar-refractivity contribution in [3.63, 3.8) is 0 Å². The first-order valence-electron chi connectivity index (χ1n) is 21.1. The molecule has 0 aromatic rings. The van der Waals surface area contributed by atoms with Gasteiger partial charge in [0.05, 0.1) is 26.1 Å². The predicted molar refractivity (Wildman–Crippen MR) is 203 cm³/mol. The molecule has 0 aliphatic rings. The van der Waals surface area contributed by atoms with Gasteiger partial charge in [-0.2, -0.15) is 0 Å². The van der Waals surface area contributed by atoms with E-state index >= 15 is 0 Å². The number of carbonyl (C=O) groups excluding carboxylic acids is 2. The number of unbranched alkanes of at least 4 members (excludes halogenated alkanes) is 30. The lowest BCUT2D eigenvalue weighted by molar-refractivity contribution is -0.176. The summed E-state index contributed by atoms with van der Waals surface area (Å²) in [7, 11) is 0. The molecule has 0 saturated carbocycles. The van der Waals surface area contributed by atoms with Gasteiger partial charge in [0.2, 0.25) is 0 Å². The highest BCUT2D eigenvalue weighted by Crippen LogP contribution is 2.20. The van der Waals surface area contributed by atoms with E-state index in [1.165, 1.54) is 161 Å². The van der Waals surface area contributed by atoms with Gasteiger partial charge < -0.3 is 19.7 Å². The average Bonchev–Trinajstić information content (AvgIpc) is 3.07. The largest absolute Gasteiger partial charge is 0.481 e. The second kappa shape index (κ2) is 36.2. The Kier molecular flexibility index (Phi) is 35.0. The molecule has 49 heavy (non-hydrogen) atoms. The minimum absolute atomic E-state index is 0.105. The summed E-state index contributed by atoms with van der Waals surface area (Å²) in [6.07, 6.45) is 38.3. The fraction of sp³-hybridized carbons (Fsp3) is 0.929. The maximum Gasteiger partial charge on any atom is 0.339 e. The number of ether oxygens (including phenoxy) is 2. The van der Waals surface area contributed by atoms with Crippen LogP contribution in [0, 0.1) is 0 Å². The van der Waals surface area contributed by atoms with E-state index in [1.54, 1.807) is 0 Å². The molecule has 0 aromatic carbocycles. The number of esters is 2. The molecule has 7 nitrogen and oxygen atoms in total. The fourth-order valence-electron chi connectivity index (χ4n) is 6.53. The molecular weight excluding hydrogens is 616 g/mol. The second-order valence-electron chi connectivity index (χ2n) is 14.7. The summed E-state index contributed by atoms with van der Waals surface area (Å²) < 4.78 is 10.4. The SMILES string of the molecule is CCCCCCCCCCCCCCCCCCOC(=O)CC(O)(CC(=O)O)C(=O)OCCCCCCCCCCCCCCCCCC. The van der Waals surface area contributed by atoms with Gasteiger partial charge in [-0.3, -0.25) is 9.59 Å². The summed E-state index contributed by atoms with van der Waals surface area (Å²) >= 11 is 0. The van der Waals surface area contributed by atoms with Crippen LogP contribution < -0.4 is 0 Å². The standard InChI is InChI=1S/C42H80O7/c1-3-5-7-9-11-13-15-17-19-21-23-25-27-29-31-33-35-48-40(45)38-42(47,37-39(43)44)41(46)49-36-34-32-30-28-26-24-22-20-18-16-14-12-10-8-6-4-2/h47H,3-38H2,1-2H3,(H,43,44). The number of rotatable bonds is 39. The van der Waals surface area contributed by atoms with Crippen molar-refractivity contribution >= 4 is 17.9 Å². The monoisotopic (exact) mass is 697 g/mol. The average molecular weight is 697 g/mol. The van der Waals surface area contributed by atoms with E-state index in [1.807, 2.05) is 0 Å². The van der Waals surface area contributed by atoms with Gasteiger partial charge in [-0.1, -0.05) is 206 Å². The number of carbonyl (C=O) groups is 3. The maximum atomic E-state index is 12.6. The van der Waals surface area contributed by atoms with Crippen LogP contribution in [0.15, 0.2) is 0 Å². The molecule has 0 aromatic heterocycles. The molecule has 2 N–H and O–H groups in total. The number of carboxylic acids is 1. The number of carboxylic acid groups (broad SMARTS) is 1. The molecule has 1 unspecified atom stereocenters. The number of aliphatic carboxylic acids is 1. The number of aliphatic hydroxyl groups is 1. The summed E-state index contributed by atoms with van der Waals surface area (Å²) in [5.74, 6) is -3.20. The predicted octanol–water partition coefficient (Wildman–Crippen LogP) is 12.2. The lowest BCUT2D eigenvalue weighted by Crippen LogP contribution is -2.44. The normalized spacial score (nSPS) is 12.6. The molecule has 0 spiro atoms. The minimum atomic E-state index is -2.41. The highest BCUT2D eigenvalue weighted by molar-refractivity contribution is 5.89. The summed E-state index contributed by atoms with van der Waals surface area (Å²) in [6, 6.07) is 0. The van der Waals surface area contributed by atoms with Crippen molar-refractivity contribution in [2.45, 2.75) is 238 Å². The van der Waals surface area contributed by atoms with Crippen LogP contribution in [0.4, 0.5) is 0 Å². The Morgan fingerprint density at radius 3 is 0.959 bits per heavy atom. The Morgan fingerprint density at radius 1 is 0.408 bits per heavy atom. The van der Waals surface area contributed by atoms with Gasteiger partial charge in [0.25, 0.3) is 0 Å². The Hall–Kier alpha value is -1.63. The zero-order valence-corrected chi connectivity index (χ0v) is 32.4. The Bertz CT molecular complexity index is 755. The molecule has 0 rings (SSSR count). The van der Waals surface area contributed by atoms with Crippen molar-refractivity contribution < 1.29 is 34.1 Å². The third-order valence-corrected chi connectivity index (χ3v) is 9.75. The van der Waals surface area contributed by atoms with Gasteiger partial charge in [0, 0.05) is 0 Å². The van der Waals surface area contributed by atoms with Crippen LogP contribution in [0.25, 0.3) is 0 Å². The van der Waals surface area contributed by atoms with E-state index < -0.39 is 36.4 Å².